The largest absolute Gasteiger partial charge is 0.478 e. The van der Waals surface area contributed by atoms with E-state index in [4.69, 9.17) is 21.1 Å². The number of carboxylic acid groups (broad SMARTS) is 1. The summed E-state index contributed by atoms with van der Waals surface area (Å²) in [7, 11) is 0. The highest BCUT2D eigenvalue weighted by molar-refractivity contribution is 6.33. The van der Waals surface area contributed by atoms with Gasteiger partial charge in [-0.1, -0.05) is 23.7 Å². The Balaban J connectivity index is 2.15. The average molecular weight is 280 g/mol. The van der Waals surface area contributed by atoms with Gasteiger partial charge in [0.15, 0.2) is 0 Å². The van der Waals surface area contributed by atoms with Crippen LogP contribution in [0.15, 0.2) is 28.7 Å². The van der Waals surface area contributed by atoms with Gasteiger partial charge in [0.1, 0.15) is 17.1 Å². The molecule has 0 saturated carbocycles. The van der Waals surface area contributed by atoms with Crippen LogP contribution in [-0.4, -0.2) is 11.1 Å². The van der Waals surface area contributed by atoms with Gasteiger partial charge in [-0.3, -0.25) is 0 Å². The SMILES string of the molecule is Cc1cccc(Cl)c1NCc1cc(C(=O)O)c(C)o1. The van der Waals surface area contributed by atoms with E-state index in [-0.39, 0.29) is 5.56 Å². The highest BCUT2D eigenvalue weighted by Crippen LogP contribution is 2.26. The van der Waals surface area contributed by atoms with Crippen molar-refractivity contribution in [1.29, 1.82) is 0 Å². The summed E-state index contributed by atoms with van der Waals surface area (Å²) in [6, 6.07) is 7.15. The fourth-order valence-corrected chi connectivity index (χ4v) is 2.16. The zero-order valence-electron chi connectivity index (χ0n) is 10.7. The Kier molecular flexibility index (Phi) is 3.81. The molecule has 0 saturated heterocycles. The third kappa shape index (κ3) is 2.90. The van der Waals surface area contributed by atoms with Gasteiger partial charge in [0.25, 0.3) is 0 Å². The van der Waals surface area contributed by atoms with E-state index in [1.54, 1.807) is 13.0 Å². The molecule has 0 fully saturated rings. The van der Waals surface area contributed by atoms with Gasteiger partial charge in [-0.2, -0.15) is 0 Å². The number of aryl methyl sites for hydroxylation is 2. The minimum absolute atomic E-state index is 0.188. The van der Waals surface area contributed by atoms with Crippen LogP contribution in [0.4, 0.5) is 5.69 Å². The Labute approximate surface area is 116 Å². The number of furan rings is 1. The number of carbonyl (C=O) groups is 1. The van der Waals surface area contributed by atoms with Crippen molar-refractivity contribution < 1.29 is 14.3 Å². The van der Waals surface area contributed by atoms with Gasteiger partial charge in [-0.05, 0) is 31.5 Å². The normalized spacial score (nSPS) is 10.5. The van der Waals surface area contributed by atoms with Crippen LogP contribution in [0, 0.1) is 13.8 Å². The van der Waals surface area contributed by atoms with Gasteiger partial charge in [0, 0.05) is 0 Å². The molecule has 1 heterocycles. The zero-order valence-corrected chi connectivity index (χ0v) is 11.4. The maximum atomic E-state index is 10.9. The second-order valence-electron chi connectivity index (χ2n) is 4.27. The number of nitrogens with one attached hydrogen (secondary N) is 1. The smallest absolute Gasteiger partial charge is 0.339 e. The molecule has 19 heavy (non-hydrogen) atoms. The van der Waals surface area contributed by atoms with Crippen LogP contribution in [0.1, 0.15) is 27.4 Å². The highest BCUT2D eigenvalue weighted by Gasteiger charge is 2.13. The molecule has 0 spiro atoms. The van der Waals surface area contributed by atoms with E-state index >= 15 is 0 Å². The second kappa shape index (κ2) is 5.36. The van der Waals surface area contributed by atoms with E-state index < -0.39 is 5.97 Å². The fraction of sp³-hybridized carbons (Fsp3) is 0.214. The molecule has 100 valence electrons. The van der Waals surface area contributed by atoms with Crippen LogP contribution >= 0.6 is 11.6 Å². The third-order valence-electron chi connectivity index (χ3n) is 2.86. The van der Waals surface area contributed by atoms with Crippen LogP contribution in [0.3, 0.4) is 0 Å². The molecule has 0 bridgehead atoms. The molecular weight excluding hydrogens is 266 g/mol. The zero-order chi connectivity index (χ0) is 14.0. The van der Waals surface area contributed by atoms with E-state index in [0.717, 1.165) is 11.3 Å². The number of aromatic carboxylic acids is 1. The van der Waals surface area contributed by atoms with Crippen LogP contribution in [0.5, 0.6) is 0 Å². The lowest BCUT2D eigenvalue weighted by atomic mass is 10.2. The number of rotatable bonds is 4. The predicted molar refractivity (Wildman–Crippen MR) is 73.9 cm³/mol. The molecule has 2 N–H and O–H groups in total. The molecule has 4 nitrogen and oxygen atoms in total. The number of carboxylic acids is 1. The first-order valence-corrected chi connectivity index (χ1v) is 6.18. The minimum Gasteiger partial charge on any atom is -0.478 e. The van der Waals surface area contributed by atoms with E-state index in [1.807, 2.05) is 19.1 Å². The Hall–Kier alpha value is -1.94. The molecule has 2 aromatic rings. The topological polar surface area (TPSA) is 62.5 Å². The van der Waals surface area contributed by atoms with E-state index in [9.17, 15) is 4.79 Å². The first-order chi connectivity index (χ1) is 8.99. The quantitative estimate of drug-likeness (QED) is 0.892. The number of halogens is 1. The molecule has 0 unspecified atom stereocenters. The van der Waals surface area contributed by atoms with Crippen molar-refractivity contribution in [1.82, 2.24) is 0 Å². The van der Waals surface area contributed by atoms with Gasteiger partial charge in [-0.15, -0.1) is 0 Å². The first-order valence-electron chi connectivity index (χ1n) is 5.80. The van der Waals surface area contributed by atoms with Gasteiger partial charge < -0.3 is 14.8 Å². The molecule has 5 heteroatoms. The fourth-order valence-electron chi connectivity index (χ4n) is 1.87. The van der Waals surface area contributed by atoms with Gasteiger partial charge >= 0.3 is 5.97 Å². The molecule has 0 atom stereocenters. The summed E-state index contributed by atoms with van der Waals surface area (Å²) in [6.45, 7) is 3.97. The monoisotopic (exact) mass is 279 g/mol. The molecule has 0 aliphatic carbocycles. The van der Waals surface area contributed by atoms with Crippen molar-refractivity contribution in [3.05, 3.63) is 51.9 Å². The lowest BCUT2D eigenvalue weighted by molar-refractivity contribution is 0.0695. The van der Waals surface area contributed by atoms with Crippen LogP contribution in [-0.2, 0) is 6.54 Å². The molecule has 0 aliphatic heterocycles. The molecule has 1 aromatic carbocycles. The predicted octanol–water partition coefficient (Wildman–Crippen LogP) is 3.86. The van der Waals surface area contributed by atoms with Crippen LogP contribution < -0.4 is 5.32 Å². The molecular formula is C14H14ClNO3. The maximum Gasteiger partial charge on any atom is 0.339 e. The lowest BCUT2D eigenvalue weighted by Gasteiger charge is -2.09. The number of hydrogen-bond donors (Lipinski definition) is 2. The van der Waals surface area contributed by atoms with Crippen molar-refractivity contribution in [2.75, 3.05) is 5.32 Å². The third-order valence-corrected chi connectivity index (χ3v) is 3.18. The van der Waals surface area contributed by atoms with Crippen LogP contribution in [0.2, 0.25) is 5.02 Å². The van der Waals surface area contributed by atoms with Crippen molar-refractivity contribution >= 4 is 23.3 Å². The Bertz CT molecular complexity index is 599. The first kappa shape index (κ1) is 13.5. The van der Waals surface area contributed by atoms with E-state index in [1.165, 1.54) is 6.07 Å². The summed E-state index contributed by atoms with van der Waals surface area (Å²) in [5.41, 5.74) is 2.04. The number of benzene rings is 1. The summed E-state index contributed by atoms with van der Waals surface area (Å²) >= 11 is 6.10. The Morgan fingerprint density at radius 3 is 2.74 bits per heavy atom. The number of anilines is 1. The molecule has 1 aromatic heterocycles. The minimum atomic E-state index is -0.985. The van der Waals surface area contributed by atoms with Crippen molar-refractivity contribution in [3.8, 4) is 0 Å². The Morgan fingerprint density at radius 1 is 1.42 bits per heavy atom. The lowest BCUT2D eigenvalue weighted by Crippen LogP contribution is -2.01. The van der Waals surface area contributed by atoms with Crippen LogP contribution in [0.25, 0.3) is 0 Å². The molecule has 2 rings (SSSR count). The molecule has 0 amide bonds. The maximum absolute atomic E-state index is 10.9. The van der Waals surface area contributed by atoms with Crippen molar-refractivity contribution in [2.45, 2.75) is 20.4 Å². The summed E-state index contributed by atoms with van der Waals surface area (Å²) in [4.78, 5) is 10.9. The number of para-hydroxylation sites is 1. The summed E-state index contributed by atoms with van der Waals surface area (Å²) in [6.07, 6.45) is 0. The summed E-state index contributed by atoms with van der Waals surface area (Å²) in [5, 5.41) is 12.7. The van der Waals surface area contributed by atoms with E-state index in [2.05, 4.69) is 5.32 Å². The number of hydrogen-bond acceptors (Lipinski definition) is 3. The van der Waals surface area contributed by atoms with Gasteiger partial charge in [-0.25, -0.2) is 4.79 Å². The molecule has 0 radical (unpaired) electrons. The Morgan fingerprint density at radius 2 is 2.16 bits per heavy atom. The standard InChI is InChI=1S/C14H14ClNO3/c1-8-4-3-5-12(15)13(8)16-7-10-6-11(14(17)18)9(2)19-10/h3-6,16H,7H2,1-2H3,(H,17,18). The summed E-state index contributed by atoms with van der Waals surface area (Å²) < 4.78 is 5.39. The van der Waals surface area contributed by atoms with Crippen molar-refractivity contribution in [3.63, 3.8) is 0 Å². The van der Waals surface area contributed by atoms with Gasteiger partial charge in [0.2, 0.25) is 0 Å². The molecule has 0 aliphatic rings. The summed E-state index contributed by atoms with van der Waals surface area (Å²) in [5.74, 6) is -0.0178. The van der Waals surface area contributed by atoms with Gasteiger partial charge in [0.05, 0.1) is 17.3 Å². The van der Waals surface area contributed by atoms with E-state index in [0.29, 0.717) is 23.1 Å². The highest BCUT2D eigenvalue weighted by atomic mass is 35.5. The average Bonchev–Trinajstić information content (AvgIpc) is 2.70. The van der Waals surface area contributed by atoms with Crippen molar-refractivity contribution in [2.24, 2.45) is 0 Å². The second-order valence-corrected chi connectivity index (χ2v) is 4.68.